The second-order valence-electron chi connectivity index (χ2n) is 5.24. The first-order valence-electron chi connectivity index (χ1n) is 5.58. The second-order valence-corrected chi connectivity index (χ2v) is 5.24. The Morgan fingerprint density at radius 1 is 1.47 bits per heavy atom. The van der Waals surface area contributed by atoms with E-state index in [0.717, 1.165) is 26.0 Å². The highest BCUT2D eigenvalue weighted by Crippen LogP contribution is 2.34. The summed E-state index contributed by atoms with van der Waals surface area (Å²) >= 11 is 0. The molecule has 2 atom stereocenters. The number of hydrogen-bond acceptors (Lipinski definition) is 3. The molecule has 0 aromatic carbocycles. The summed E-state index contributed by atoms with van der Waals surface area (Å²) in [6.45, 7) is 7.20. The summed E-state index contributed by atoms with van der Waals surface area (Å²) in [6.07, 6.45) is 1.95. The van der Waals surface area contributed by atoms with Crippen LogP contribution >= 0.6 is 0 Å². The van der Waals surface area contributed by atoms with Gasteiger partial charge in [0.2, 0.25) is 0 Å². The predicted octanol–water partition coefficient (Wildman–Crippen LogP) is 1.78. The Labute approximate surface area is 90.5 Å². The number of ether oxygens (including phenoxy) is 2. The Balaban J connectivity index is 1.94. The number of amides is 1. The van der Waals surface area contributed by atoms with Crippen LogP contribution in [0.4, 0.5) is 4.79 Å². The average Bonchev–Trinajstić information content (AvgIpc) is 2.75. The highest BCUT2D eigenvalue weighted by molar-refractivity contribution is 5.69. The largest absolute Gasteiger partial charge is 0.444 e. The van der Waals surface area contributed by atoms with Crippen molar-refractivity contribution in [3.05, 3.63) is 0 Å². The molecule has 1 aliphatic heterocycles. The van der Waals surface area contributed by atoms with Gasteiger partial charge in [-0.15, -0.1) is 0 Å². The lowest BCUT2D eigenvalue weighted by molar-refractivity contribution is 0.0228. The molecule has 0 unspecified atom stereocenters. The van der Waals surface area contributed by atoms with Crippen LogP contribution in [0, 0.1) is 0 Å². The molecule has 0 aromatic rings. The monoisotopic (exact) mass is 213 g/mol. The first-order chi connectivity index (χ1) is 6.97. The lowest BCUT2D eigenvalue weighted by Crippen LogP contribution is -2.39. The summed E-state index contributed by atoms with van der Waals surface area (Å²) in [5.74, 6) is 0. The molecular weight excluding hydrogens is 194 g/mol. The van der Waals surface area contributed by atoms with Crippen molar-refractivity contribution in [1.82, 2.24) is 4.90 Å². The molecular formula is C11H19NO3. The third-order valence-electron chi connectivity index (χ3n) is 2.60. The maximum Gasteiger partial charge on any atom is 0.410 e. The van der Waals surface area contributed by atoms with E-state index in [1.54, 1.807) is 0 Å². The first-order valence-corrected chi connectivity index (χ1v) is 5.58. The molecule has 1 saturated carbocycles. The van der Waals surface area contributed by atoms with E-state index in [9.17, 15) is 4.79 Å². The zero-order valence-corrected chi connectivity index (χ0v) is 9.66. The van der Waals surface area contributed by atoms with E-state index in [-0.39, 0.29) is 18.2 Å². The maximum absolute atomic E-state index is 11.9. The van der Waals surface area contributed by atoms with Crippen molar-refractivity contribution in [2.24, 2.45) is 0 Å². The van der Waals surface area contributed by atoms with Crippen LogP contribution in [-0.2, 0) is 9.47 Å². The minimum absolute atomic E-state index is 0.194. The molecule has 2 aliphatic rings. The van der Waals surface area contributed by atoms with Crippen LogP contribution < -0.4 is 0 Å². The van der Waals surface area contributed by atoms with Gasteiger partial charge in [0.25, 0.3) is 0 Å². The molecule has 0 spiro atoms. The van der Waals surface area contributed by atoms with Crippen molar-refractivity contribution in [1.29, 1.82) is 0 Å². The summed E-state index contributed by atoms with van der Waals surface area (Å²) < 4.78 is 10.9. The minimum Gasteiger partial charge on any atom is -0.444 e. The van der Waals surface area contributed by atoms with Gasteiger partial charge in [0.1, 0.15) is 5.60 Å². The number of carbonyl (C=O) groups is 1. The van der Waals surface area contributed by atoms with Gasteiger partial charge in [0.05, 0.1) is 12.1 Å². The SMILES string of the molecule is CC(C)(C)OC(=O)N1CCCO[C@H]2C[C@H]21. The number of fused-ring (bicyclic) bond motifs is 1. The summed E-state index contributed by atoms with van der Waals surface area (Å²) in [5.41, 5.74) is -0.408. The zero-order valence-electron chi connectivity index (χ0n) is 9.66. The third kappa shape index (κ3) is 2.62. The molecule has 1 heterocycles. The quantitative estimate of drug-likeness (QED) is 0.615. The smallest absolute Gasteiger partial charge is 0.410 e. The molecule has 1 saturated heterocycles. The summed E-state index contributed by atoms with van der Waals surface area (Å²) in [4.78, 5) is 13.7. The van der Waals surface area contributed by atoms with Gasteiger partial charge in [0.15, 0.2) is 0 Å². The Morgan fingerprint density at radius 3 is 2.87 bits per heavy atom. The van der Waals surface area contributed by atoms with E-state index in [1.807, 2.05) is 25.7 Å². The van der Waals surface area contributed by atoms with Crippen LogP contribution in [0.25, 0.3) is 0 Å². The van der Waals surface area contributed by atoms with Crippen molar-refractivity contribution < 1.29 is 14.3 Å². The van der Waals surface area contributed by atoms with Crippen LogP contribution in [0.3, 0.4) is 0 Å². The molecule has 0 bridgehead atoms. The Hall–Kier alpha value is -0.770. The Bertz CT molecular complexity index is 259. The molecule has 0 radical (unpaired) electrons. The summed E-state index contributed by atoms with van der Waals surface area (Å²) in [5, 5.41) is 0. The fourth-order valence-corrected chi connectivity index (χ4v) is 1.85. The molecule has 1 amide bonds. The molecule has 86 valence electrons. The van der Waals surface area contributed by atoms with E-state index < -0.39 is 5.60 Å². The fraction of sp³-hybridized carbons (Fsp3) is 0.909. The first kappa shape index (κ1) is 10.7. The number of hydrogen-bond donors (Lipinski definition) is 0. The van der Waals surface area contributed by atoms with Crippen LogP contribution in [-0.4, -0.2) is 41.9 Å². The molecule has 15 heavy (non-hydrogen) atoms. The molecule has 1 aliphatic carbocycles. The molecule has 0 N–H and O–H groups in total. The number of nitrogens with zero attached hydrogens (tertiary/aromatic N) is 1. The highest BCUT2D eigenvalue weighted by Gasteiger charge is 2.47. The normalized spacial score (nSPS) is 30.5. The van der Waals surface area contributed by atoms with E-state index in [1.165, 1.54) is 0 Å². The van der Waals surface area contributed by atoms with Gasteiger partial charge in [-0.1, -0.05) is 0 Å². The van der Waals surface area contributed by atoms with Crippen LogP contribution in [0.5, 0.6) is 0 Å². The van der Waals surface area contributed by atoms with E-state index in [2.05, 4.69) is 0 Å². The topological polar surface area (TPSA) is 38.8 Å². The minimum atomic E-state index is -0.408. The Kier molecular flexibility index (Phi) is 2.63. The fourth-order valence-electron chi connectivity index (χ4n) is 1.85. The molecule has 4 nitrogen and oxygen atoms in total. The highest BCUT2D eigenvalue weighted by atomic mass is 16.6. The lowest BCUT2D eigenvalue weighted by Gasteiger charge is -2.26. The van der Waals surface area contributed by atoms with Crippen molar-refractivity contribution in [2.75, 3.05) is 13.2 Å². The lowest BCUT2D eigenvalue weighted by atomic mass is 10.2. The van der Waals surface area contributed by atoms with Crippen molar-refractivity contribution in [3.8, 4) is 0 Å². The van der Waals surface area contributed by atoms with Crippen molar-refractivity contribution in [2.45, 2.75) is 51.4 Å². The molecule has 2 fully saturated rings. The van der Waals surface area contributed by atoms with E-state index >= 15 is 0 Å². The predicted molar refractivity (Wildman–Crippen MR) is 55.7 cm³/mol. The standard InChI is InChI=1S/C11H19NO3/c1-11(2,3)15-10(13)12-5-4-6-14-9-7-8(9)12/h8-9H,4-7H2,1-3H3/t8-,9+/m1/s1. The molecule has 4 heteroatoms. The van der Waals surface area contributed by atoms with Gasteiger partial charge in [-0.25, -0.2) is 4.79 Å². The maximum atomic E-state index is 11.9. The zero-order chi connectivity index (χ0) is 11.1. The van der Waals surface area contributed by atoms with Crippen LogP contribution in [0.2, 0.25) is 0 Å². The number of rotatable bonds is 0. The van der Waals surface area contributed by atoms with Crippen molar-refractivity contribution in [3.63, 3.8) is 0 Å². The molecule has 0 aromatic heterocycles. The second kappa shape index (κ2) is 3.67. The van der Waals surface area contributed by atoms with Gasteiger partial charge in [-0.05, 0) is 33.6 Å². The van der Waals surface area contributed by atoms with Gasteiger partial charge >= 0.3 is 6.09 Å². The van der Waals surface area contributed by atoms with Crippen molar-refractivity contribution >= 4 is 6.09 Å². The average molecular weight is 213 g/mol. The van der Waals surface area contributed by atoms with Gasteiger partial charge in [-0.2, -0.15) is 0 Å². The summed E-state index contributed by atoms with van der Waals surface area (Å²) in [7, 11) is 0. The van der Waals surface area contributed by atoms with E-state index in [4.69, 9.17) is 9.47 Å². The van der Waals surface area contributed by atoms with Gasteiger partial charge in [0, 0.05) is 13.2 Å². The van der Waals surface area contributed by atoms with Gasteiger partial charge < -0.3 is 14.4 Å². The van der Waals surface area contributed by atoms with Crippen LogP contribution in [0.1, 0.15) is 33.6 Å². The van der Waals surface area contributed by atoms with Gasteiger partial charge in [-0.3, -0.25) is 0 Å². The van der Waals surface area contributed by atoms with Crippen LogP contribution in [0.15, 0.2) is 0 Å². The Morgan fingerprint density at radius 2 is 2.20 bits per heavy atom. The third-order valence-corrected chi connectivity index (χ3v) is 2.60. The number of carbonyl (C=O) groups excluding carboxylic acids is 1. The van der Waals surface area contributed by atoms with E-state index in [0.29, 0.717) is 0 Å². The molecule has 2 rings (SSSR count). The summed E-state index contributed by atoms with van der Waals surface area (Å²) in [6, 6.07) is 0.266.